The van der Waals surface area contributed by atoms with Crippen LogP contribution >= 0.6 is 0 Å². The average Bonchev–Trinajstić information content (AvgIpc) is 2.17. The van der Waals surface area contributed by atoms with Crippen molar-refractivity contribution in [2.45, 2.75) is 66.7 Å². The lowest BCUT2D eigenvalue weighted by Crippen LogP contribution is -2.31. The molecule has 0 radical (unpaired) electrons. The van der Waals surface area contributed by atoms with Gasteiger partial charge in [-0.05, 0) is 37.3 Å². The number of rotatable bonds is 8. The molecule has 0 fully saturated rings. The van der Waals surface area contributed by atoms with Gasteiger partial charge in [0.15, 0.2) is 0 Å². The molecule has 0 saturated heterocycles. The molecule has 0 aromatic rings. The smallest absolute Gasteiger partial charge is 0.00490 e. The van der Waals surface area contributed by atoms with Crippen molar-refractivity contribution in [3.8, 4) is 0 Å². The maximum absolute atomic E-state index is 3.31. The van der Waals surface area contributed by atoms with Crippen LogP contribution in [0.4, 0.5) is 0 Å². The van der Waals surface area contributed by atoms with Crippen LogP contribution in [-0.2, 0) is 0 Å². The van der Waals surface area contributed by atoms with Crippen LogP contribution in [0.5, 0.6) is 0 Å². The van der Waals surface area contributed by atoms with Crippen molar-refractivity contribution in [1.82, 2.24) is 5.32 Å². The highest BCUT2D eigenvalue weighted by Crippen LogP contribution is 2.38. The highest BCUT2D eigenvalue weighted by Gasteiger charge is 2.30. The van der Waals surface area contributed by atoms with E-state index in [1.807, 2.05) is 0 Å². The van der Waals surface area contributed by atoms with Gasteiger partial charge in [0, 0.05) is 0 Å². The van der Waals surface area contributed by atoms with E-state index in [0.29, 0.717) is 5.41 Å². The predicted molar refractivity (Wildman–Crippen MR) is 74.8 cm³/mol. The molecular formula is C15H33N. The van der Waals surface area contributed by atoms with Crippen LogP contribution in [-0.4, -0.2) is 13.6 Å². The van der Waals surface area contributed by atoms with Gasteiger partial charge in [0.2, 0.25) is 0 Å². The van der Waals surface area contributed by atoms with Gasteiger partial charge in [-0.2, -0.15) is 0 Å². The van der Waals surface area contributed by atoms with Gasteiger partial charge < -0.3 is 5.32 Å². The van der Waals surface area contributed by atoms with Crippen molar-refractivity contribution < 1.29 is 0 Å². The molecule has 0 amide bonds. The second-order valence-corrected chi connectivity index (χ2v) is 6.20. The fraction of sp³-hybridized carbons (Fsp3) is 1.00. The number of hydrogen-bond acceptors (Lipinski definition) is 1. The fourth-order valence-electron chi connectivity index (χ4n) is 2.96. The Balaban J connectivity index is 4.53. The molecule has 0 aromatic heterocycles. The molecule has 0 saturated carbocycles. The van der Waals surface area contributed by atoms with E-state index in [1.54, 1.807) is 0 Å². The molecule has 0 aliphatic heterocycles. The summed E-state index contributed by atoms with van der Waals surface area (Å²) in [6, 6.07) is 0. The first-order valence-corrected chi connectivity index (χ1v) is 7.11. The largest absolute Gasteiger partial charge is 0.320 e. The van der Waals surface area contributed by atoms with Crippen LogP contribution in [0.25, 0.3) is 0 Å². The van der Waals surface area contributed by atoms with Crippen LogP contribution in [0, 0.1) is 17.3 Å². The Morgan fingerprint density at radius 2 is 1.44 bits per heavy atom. The minimum Gasteiger partial charge on any atom is -0.320 e. The first kappa shape index (κ1) is 16.0. The Hall–Kier alpha value is -0.0400. The molecule has 0 rings (SSSR count). The van der Waals surface area contributed by atoms with Crippen molar-refractivity contribution in [2.75, 3.05) is 13.6 Å². The third kappa shape index (κ3) is 5.89. The van der Waals surface area contributed by atoms with Crippen LogP contribution in [0.1, 0.15) is 66.7 Å². The second-order valence-electron chi connectivity index (χ2n) is 6.20. The van der Waals surface area contributed by atoms with Crippen molar-refractivity contribution >= 4 is 0 Å². The van der Waals surface area contributed by atoms with Crippen LogP contribution in [0.3, 0.4) is 0 Å². The minimum absolute atomic E-state index is 0.450. The summed E-state index contributed by atoms with van der Waals surface area (Å²) >= 11 is 0. The van der Waals surface area contributed by atoms with Crippen LogP contribution in [0.2, 0.25) is 0 Å². The first-order chi connectivity index (χ1) is 7.47. The van der Waals surface area contributed by atoms with Gasteiger partial charge in [-0.1, -0.05) is 60.3 Å². The van der Waals surface area contributed by atoms with E-state index in [1.165, 1.54) is 32.1 Å². The maximum Gasteiger partial charge on any atom is -0.00490 e. The molecule has 0 heterocycles. The number of hydrogen-bond donors (Lipinski definition) is 1. The van der Waals surface area contributed by atoms with Crippen LogP contribution < -0.4 is 5.32 Å². The molecule has 16 heavy (non-hydrogen) atoms. The Labute approximate surface area is 103 Å². The normalized spacial score (nSPS) is 14.4. The fourth-order valence-corrected chi connectivity index (χ4v) is 2.96. The van der Waals surface area contributed by atoms with E-state index < -0.39 is 0 Å². The van der Waals surface area contributed by atoms with Crippen molar-refractivity contribution in [1.29, 1.82) is 0 Å². The van der Waals surface area contributed by atoms with E-state index >= 15 is 0 Å². The summed E-state index contributed by atoms with van der Waals surface area (Å²) in [5.41, 5.74) is 0.450. The van der Waals surface area contributed by atoms with Crippen molar-refractivity contribution in [3.63, 3.8) is 0 Å². The highest BCUT2D eigenvalue weighted by molar-refractivity contribution is 4.81. The lowest BCUT2D eigenvalue weighted by molar-refractivity contribution is 0.130. The Kier molecular flexibility index (Phi) is 8.09. The summed E-state index contributed by atoms with van der Waals surface area (Å²) in [4.78, 5) is 0. The zero-order valence-electron chi connectivity index (χ0n) is 12.4. The third-order valence-corrected chi connectivity index (χ3v) is 3.71. The van der Waals surface area contributed by atoms with E-state index in [4.69, 9.17) is 0 Å². The molecule has 1 unspecified atom stereocenters. The minimum atomic E-state index is 0.450. The molecule has 0 bridgehead atoms. The predicted octanol–water partition coefficient (Wildman–Crippen LogP) is 4.47. The van der Waals surface area contributed by atoms with Gasteiger partial charge in [0.1, 0.15) is 0 Å². The molecule has 98 valence electrons. The lowest BCUT2D eigenvalue weighted by atomic mass is 9.69. The molecule has 0 spiro atoms. The zero-order valence-corrected chi connectivity index (χ0v) is 12.4. The van der Waals surface area contributed by atoms with Gasteiger partial charge in [-0.15, -0.1) is 0 Å². The first-order valence-electron chi connectivity index (χ1n) is 7.11. The molecular weight excluding hydrogens is 194 g/mol. The number of nitrogens with one attached hydrogen (secondary N) is 1. The SMILES string of the molecule is CCCC(CCC)C(CCNC)C(C)(C)C. The molecule has 0 aliphatic carbocycles. The second kappa shape index (κ2) is 8.11. The van der Waals surface area contributed by atoms with E-state index in [0.717, 1.165) is 18.4 Å². The Bertz CT molecular complexity index is 151. The molecule has 0 aromatic carbocycles. The highest BCUT2D eigenvalue weighted by atomic mass is 14.8. The summed E-state index contributed by atoms with van der Waals surface area (Å²) in [6.07, 6.45) is 6.79. The monoisotopic (exact) mass is 227 g/mol. The summed E-state index contributed by atoms with van der Waals surface area (Å²) in [6.45, 7) is 13.0. The van der Waals surface area contributed by atoms with Gasteiger partial charge in [-0.3, -0.25) is 0 Å². The molecule has 1 atom stereocenters. The summed E-state index contributed by atoms with van der Waals surface area (Å²) in [7, 11) is 2.06. The van der Waals surface area contributed by atoms with E-state index in [2.05, 4.69) is 47.0 Å². The topological polar surface area (TPSA) is 12.0 Å². The van der Waals surface area contributed by atoms with Gasteiger partial charge in [0.25, 0.3) is 0 Å². The summed E-state index contributed by atoms with van der Waals surface area (Å²) in [5.74, 6) is 1.78. The lowest BCUT2D eigenvalue weighted by Gasteiger charge is -2.37. The van der Waals surface area contributed by atoms with Crippen molar-refractivity contribution in [2.24, 2.45) is 17.3 Å². The van der Waals surface area contributed by atoms with Crippen molar-refractivity contribution in [3.05, 3.63) is 0 Å². The summed E-state index contributed by atoms with van der Waals surface area (Å²) < 4.78 is 0. The Morgan fingerprint density at radius 3 is 1.75 bits per heavy atom. The average molecular weight is 227 g/mol. The van der Waals surface area contributed by atoms with Gasteiger partial charge in [-0.25, -0.2) is 0 Å². The van der Waals surface area contributed by atoms with E-state index in [-0.39, 0.29) is 0 Å². The van der Waals surface area contributed by atoms with E-state index in [9.17, 15) is 0 Å². The standard InChI is InChI=1S/C15H33N/c1-7-9-13(10-8-2)14(11-12-16-6)15(3,4)5/h13-14,16H,7-12H2,1-6H3. The molecule has 1 nitrogen and oxygen atoms in total. The Morgan fingerprint density at radius 1 is 0.938 bits per heavy atom. The summed E-state index contributed by atoms with van der Waals surface area (Å²) in [5, 5.41) is 3.31. The van der Waals surface area contributed by atoms with Gasteiger partial charge in [0.05, 0.1) is 0 Å². The zero-order chi connectivity index (χ0) is 12.6. The van der Waals surface area contributed by atoms with Gasteiger partial charge >= 0.3 is 0 Å². The maximum atomic E-state index is 3.31. The van der Waals surface area contributed by atoms with Crippen LogP contribution in [0.15, 0.2) is 0 Å². The third-order valence-electron chi connectivity index (χ3n) is 3.71. The molecule has 1 heteroatoms. The molecule has 0 aliphatic rings. The quantitative estimate of drug-likeness (QED) is 0.645. The molecule has 1 N–H and O–H groups in total.